The summed E-state index contributed by atoms with van der Waals surface area (Å²) >= 11 is 3.15. The molecule has 3 rings (SSSR count). The zero-order chi connectivity index (χ0) is 13.9. The summed E-state index contributed by atoms with van der Waals surface area (Å²) in [5.41, 5.74) is 2.84. The number of nitrogens with one attached hydrogen (secondary N) is 1. The highest BCUT2D eigenvalue weighted by atomic mass is 79.9. The Morgan fingerprint density at radius 2 is 2.00 bits per heavy atom. The fourth-order valence-corrected chi connectivity index (χ4v) is 2.35. The first-order chi connectivity index (χ1) is 9.74. The molecule has 20 heavy (non-hydrogen) atoms. The zero-order valence-electron chi connectivity index (χ0n) is 10.6. The van der Waals surface area contributed by atoms with Crippen molar-refractivity contribution in [2.75, 3.05) is 5.32 Å². The molecule has 100 valence electrons. The first-order valence-electron chi connectivity index (χ1n) is 6.25. The summed E-state index contributed by atoms with van der Waals surface area (Å²) < 4.78 is 14.0. The largest absolute Gasteiger partial charge is 0.380 e. The maximum Gasteiger partial charge on any atom is 0.137 e. The van der Waals surface area contributed by atoms with Crippen LogP contribution in [0.1, 0.15) is 5.56 Å². The lowest BCUT2D eigenvalue weighted by Crippen LogP contribution is -2.00. The standard InChI is InChI=1S/C16H12BrFN2/c17-13-7-6-11(9-14(13)18)10-20-16-5-1-4-15-12(16)3-2-8-19-15/h1-9,20H,10H2. The van der Waals surface area contributed by atoms with Gasteiger partial charge in [-0.05, 0) is 57.9 Å². The van der Waals surface area contributed by atoms with E-state index in [1.807, 2.05) is 36.4 Å². The number of benzene rings is 2. The lowest BCUT2D eigenvalue weighted by molar-refractivity contribution is 0.619. The van der Waals surface area contributed by atoms with Crippen LogP contribution in [0.2, 0.25) is 0 Å². The third-order valence-corrected chi connectivity index (χ3v) is 3.76. The summed E-state index contributed by atoms with van der Waals surface area (Å²) in [6, 6.07) is 15.0. The molecule has 0 atom stereocenters. The van der Waals surface area contributed by atoms with E-state index in [0.717, 1.165) is 22.2 Å². The quantitative estimate of drug-likeness (QED) is 0.749. The molecule has 0 aliphatic rings. The topological polar surface area (TPSA) is 24.9 Å². The molecule has 3 aromatic rings. The predicted molar refractivity (Wildman–Crippen MR) is 83.2 cm³/mol. The van der Waals surface area contributed by atoms with Gasteiger partial charge >= 0.3 is 0 Å². The van der Waals surface area contributed by atoms with Gasteiger partial charge < -0.3 is 5.32 Å². The molecule has 0 radical (unpaired) electrons. The molecule has 0 spiro atoms. The number of hydrogen-bond donors (Lipinski definition) is 1. The van der Waals surface area contributed by atoms with Crippen molar-refractivity contribution in [1.82, 2.24) is 4.98 Å². The van der Waals surface area contributed by atoms with Crippen molar-refractivity contribution in [1.29, 1.82) is 0 Å². The third-order valence-electron chi connectivity index (χ3n) is 3.11. The third kappa shape index (κ3) is 2.65. The first kappa shape index (κ1) is 13.1. The van der Waals surface area contributed by atoms with Gasteiger partial charge in [0.2, 0.25) is 0 Å². The average Bonchev–Trinajstić information content (AvgIpc) is 2.48. The van der Waals surface area contributed by atoms with E-state index in [-0.39, 0.29) is 5.82 Å². The van der Waals surface area contributed by atoms with Gasteiger partial charge in [0.05, 0.1) is 9.99 Å². The maximum atomic E-state index is 13.5. The summed E-state index contributed by atoms with van der Waals surface area (Å²) in [7, 11) is 0. The molecule has 0 amide bonds. The summed E-state index contributed by atoms with van der Waals surface area (Å²) in [6.07, 6.45) is 1.77. The number of fused-ring (bicyclic) bond motifs is 1. The molecular formula is C16H12BrFN2. The minimum Gasteiger partial charge on any atom is -0.380 e. The van der Waals surface area contributed by atoms with Crippen molar-refractivity contribution < 1.29 is 4.39 Å². The van der Waals surface area contributed by atoms with Crippen LogP contribution < -0.4 is 5.32 Å². The minimum atomic E-state index is -0.246. The zero-order valence-corrected chi connectivity index (χ0v) is 12.2. The number of pyridine rings is 1. The monoisotopic (exact) mass is 330 g/mol. The molecule has 2 aromatic carbocycles. The average molecular weight is 331 g/mol. The summed E-state index contributed by atoms with van der Waals surface area (Å²) in [5.74, 6) is -0.246. The van der Waals surface area contributed by atoms with Crippen LogP contribution >= 0.6 is 15.9 Å². The van der Waals surface area contributed by atoms with E-state index in [0.29, 0.717) is 11.0 Å². The van der Waals surface area contributed by atoms with Crippen LogP contribution in [0.25, 0.3) is 10.9 Å². The molecule has 0 unspecified atom stereocenters. The fourth-order valence-electron chi connectivity index (χ4n) is 2.10. The minimum absolute atomic E-state index is 0.246. The van der Waals surface area contributed by atoms with Crippen molar-refractivity contribution in [3.05, 3.63) is 70.6 Å². The maximum absolute atomic E-state index is 13.5. The smallest absolute Gasteiger partial charge is 0.137 e. The molecule has 1 aromatic heterocycles. The van der Waals surface area contributed by atoms with E-state index >= 15 is 0 Å². The van der Waals surface area contributed by atoms with Crippen molar-refractivity contribution >= 4 is 32.5 Å². The van der Waals surface area contributed by atoms with Crippen LogP contribution in [-0.4, -0.2) is 4.98 Å². The van der Waals surface area contributed by atoms with Crippen molar-refractivity contribution in [3.8, 4) is 0 Å². The van der Waals surface area contributed by atoms with Gasteiger partial charge in [0.1, 0.15) is 5.82 Å². The number of nitrogens with zero attached hydrogens (tertiary/aromatic N) is 1. The van der Waals surface area contributed by atoms with Crippen molar-refractivity contribution in [2.24, 2.45) is 0 Å². The molecule has 2 nitrogen and oxygen atoms in total. The Morgan fingerprint density at radius 1 is 1.10 bits per heavy atom. The lowest BCUT2D eigenvalue weighted by Gasteiger charge is -2.09. The van der Waals surface area contributed by atoms with Gasteiger partial charge in [0.15, 0.2) is 0 Å². The molecule has 0 aliphatic carbocycles. The molecule has 0 fully saturated rings. The van der Waals surface area contributed by atoms with Crippen molar-refractivity contribution in [3.63, 3.8) is 0 Å². The normalized spacial score (nSPS) is 10.7. The van der Waals surface area contributed by atoms with Gasteiger partial charge in [0.25, 0.3) is 0 Å². The lowest BCUT2D eigenvalue weighted by atomic mass is 10.1. The van der Waals surface area contributed by atoms with Crippen LogP contribution in [0.4, 0.5) is 10.1 Å². The first-order valence-corrected chi connectivity index (χ1v) is 7.05. The molecule has 0 bridgehead atoms. The summed E-state index contributed by atoms with van der Waals surface area (Å²) in [6.45, 7) is 0.568. The molecule has 0 saturated carbocycles. The SMILES string of the molecule is Fc1cc(CNc2cccc3ncccc23)ccc1Br. The molecule has 4 heteroatoms. The Hall–Kier alpha value is -1.94. The van der Waals surface area contributed by atoms with E-state index in [1.54, 1.807) is 12.3 Å². The van der Waals surface area contributed by atoms with Crippen molar-refractivity contribution in [2.45, 2.75) is 6.54 Å². The van der Waals surface area contributed by atoms with Gasteiger partial charge in [-0.15, -0.1) is 0 Å². The molecule has 1 heterocycles. The highest BCUT2D eigenvalue weighted by molar-refractivity contribution is 9.10. The van der Waals surface area contributed by atoms with E-state index in [1.165, 1.54) is 6.07 Å². The Morgan fingerprint density at radius 3 is 2.85 bits per heavy atom. The number of hydrogen-bond acceptors (Lipinski definition) is 2. The van der Waals surface area contributed by atoms with Gasteiger partial charge in [-0.1, -0.05) is 12.1 Å². The summed E-state index contributed by atoms with van der Waals surface area (Å²) in [5, 5.41) is 4.39. The van der Waals surface area contributed by atoms with Crippen LogP contribution in [0.3, 0.4) is 0 Å². The van der Waals surface area contributed by atoms with Crippen LogP contribution in [0, 0.1) is 5.82 Å². The van der Waals surface area contributed by atoms with E-state index in [9.17, 15) is 4.39 Å². The van der Waals surface area contributed by atoms with Gasteiger partial charge in [-0.3, -0.25) is 4.98 Å². The molecule has 1 N–H and O–H groups in total. The summed E-state index contributed by atoms with van der Waals surface area (Å²) in [4.78, 5) is 4.32. The van der Waals surface area contributed by atoms with Crippen LogP contribution in [0.5, 0.6) is 0 Å². The molecule has 0 aliphatic heterocycles. The number of anilines is 1. The van der Waals surface area contributed by atoms with Crippen LogP contribution in [0.15, 0.2) is 59.2 Å². The van der Waals surface area contributed by atoms with Gasteiger partial charge in [0, 0.05) is 23.8 Å². The molecule has 0 saturated heterocycles. The Bertz CT molecular complexity index is 753. The number of aromatic nitrogens is 1. The highest BCUT2D eigenvalue weighted by Gasteiger charge is 2.03. The Kier molecular flexibility index (Phi) is 3.65. The number of halogens is 2. The fraction of sp³-hybridized carbons (Fsp3) is 0.0625. The molecular weight excluding hydrogens is 319 g/mol. The van der Waals surface area contributed by atoms with Crippen LogP contribution in [-0.2, 0) is 6.54 Å². The second kappa shape index (κ2) is 5.59. The second-order valence-electron chi connectivity index (χ2n) is 4.48. The Labute approximate surface area is 124 Å². The van der Waals surface area contributed by atoms with Gasteiger partial charge in [-0.2, -0.15) is 0 Å². The predicted octanol–water partition coefficient (Wildman–Crippen LogP) is 4.75. The van der Waals surface area contributed by atoms with Gasteiger partial charge in [-0.25, -0.2) is 4.39 Å². The van der Waals surface area contributed by atoms with E-state index < -0.39 is 0 Å². The second-order valence-corrected chi connectivity index (χ2v) is 5.33. The van der Waals surface area contributed by atoms with E-state index in [4.69, 9.17) is 0 Å². The number of rotatable bonds is 3. The highest BCUT2D eigenvalue weighted by Crippen LogP contribution is 2.22. The Balaban J connectivity index is 1.85. The van der Waals surface area contributed by atoms with E-state index in [2.05, 4.69) is 26.2 Å².